The first-order chi connectivity index (χ1) is 6.59. The van der Waals surface area contributed by atoms with Gasteiger partial charge < -0.3 is 0 Å². The first-order valence-corrected chi connectivity index (χ1v) is 5.24. The average Bonchev–Trinajstić information content (AvgIpc) is 2.10. The third kappa shape index (κ3) is 1.37. The van der Waals surface area contributed by atoms with Gasteiger partial charge in [-0.15, -0.1) is 0 Å². The first kappa shape index (κ1) is 9.45. The summed E-state index contributed by atoms with van der Waals surface area (Å²) in [5.41, 5.74) is 5.53. The number of aryl methyl sites for hydroxylation is 2. The molecule has 2 unspecified atom stereocenters. The predicted molar refractivity (Wildman–Crippen MR) is 61.4 cm³/mol. The number of rotatable bonds is 0. The van der Waals surface area contributed by atoms with E-state index in [-0.39, 0.29) is 0 Å². The lowest BCUT2D eigenvalue weighted by atomic mass is 9.85. The van der Waals surface area contributed by atoms with E-state index >= 15 is 0 Å². The van der Waals surface area contributed by atoms with Gasteiger partial charge in [0.1, 0.15) is 0 Å². The Morgan fingerprint density at radius 3 is 2.57 bits per heavy atom. The molecular formula is C13H17N. The molecule has 2 rings (SSSR count). The van der Waals surface area contributed by atoms with Crippen molar-refractivity contribution < 1.29 is 0 Å². The van der Waals surface area contributed by atoms with Crippen LogP contribution in [0.1, 0.15) is 42.0 Å². The van der Waals surface area contributed by atoms with Gasteiger partial charge in [0.15, 0.2) is 0 Å². The molecule has 74 valence electrons. The normalized spacial score (nSPS) is 24.9. The molecule has 1 nitrogen and oxygen atoms in total. The second kappa shape index (κ2) is 3.23. The molecule has 1 heterocycles. The number of hydrogen-bond acceptors (Lipinski definition) is 1. The smallest absolute Gasteiger partial charge is 0.0537 e. The van der Waals surface area contributed by atoms with E-state index in [1.54, 1.807) is 0 Å². The summed E-state index contributed by atoms with van der Waals surface area (Å²) in [5, 5.41) is 0. The largest absolute Gasteiger partial charge is 0.289 e. The van der Waals surface area contributed by atoms with Crippen LogP contribution < -0.4 is 0 Å². The van der Waals surface area contributed by atoms with Gasteiger partial charge in [0.25, 0.3) is 0 Å². The Hall–Kier alpha value is -1.11. The average molecular weight is 187 g/mol. The molecule has 0 amide bonds. The van der Waals surface area contributed by atoms with Crippen molar-refractivity contribution in [2.75, 3.05) is 0 Å². The zero-order chi connectivity index (χ0) is 10.3. The molecule has 0 aromatic heterocycles. The molecule has 1 aliphatic heterocycles. The molecule has 2 atom stereocenters. The summed E-state index contributed by atoms with van der Waals surface area (Å²) in [7, 11) is 0. The van der Waals surface area contributed by atoms with Crippen LogP contribution in [0.2, 0.25) is 0 Å². The number of fused-ring (bicyclic) bond motifs is 1. The summed E-state index contributed by atoms with van der Waals surface area (Å²) in [5.74, 6) is 0.551. The Morgan fingerprint density at radius 2 is 1.86 bits per heavy atom. The Labute approximate surface area is 85.9 Å². The molecule has 0 fully saturated rings. The van der Waals surface area contributed by atoms with Crippen molar-refractivity contribution in [2.45, 2.75) is 39.7 Å². The van der Waals surface area contributed by atoms with Crippen molar-refractivity contribution in [2.24, 2.45) is 4.99 Å². The topological polar surface area (TPSA) is 12.4 Å². The minimum Gasteiger partial charge on any atom is -0.289 e. The van der Waals surface area contributed by atoms with Crippen LogP contribution in [0, 0.1) is 13.8 Å². The van der Waals surface area contributed by atoms with E-state index in [1.807, 2.05) is 6.21 Å². The maximum absolute atomic E-state index is 4.51. The minimum atomic E-state index is 0.420. The van der Waals surface area contributed by atoms with E-state index in [1.165, 1.54) is 22.3 Å². The molecule has 0 aliphatic carbocycles. The van der Waals surface area contributed by atoms with E-state index in [0.29, 0.717) is 12.0 Å². The lowest BCUT2D eigenvalue weighted by Crippen LogP contribution is -2.18. The van der Waals surface area contributed by atoms with E-state index in [0.717, 1.165) is 0 Å². The van der Waals surface area contributed by atoms with Crippen molar-refractivity contribution in [3.05, 3.63) is 34.4 Å². The fourth-order valence-corrected chi connectivity index (χ4v) is 2.31. The molecule has 0 saturated heterocycles. The van der Waals surface area contributed by atoms with Crippen LogP contribution in [0.15, 0.2) is 17.1 Å². The van der Waals surface area contributed by atoms with Gasteiger partial charge in [-0.25, -0.2) is 0 Å². The number of benzene rings is 1. The highest BCUT2D eigenvalue weighted by atomic mass is 14.8. The monoisotopic (exact) mass is 187 g/mol. The van der Waals surface area contributed by atoms with Crippen LogP contribution >= 0.6 is 0 Å². The Balaban J connectivity index is 2.62. The van der Waals surface area contributed by atoms with E-state index < -0.39 is 0 Å². The Morgan fingerprint density at radius 1 is 1.14 bits per heavy atom. The standard InChI is InChI=1S/C13H17N/c1-8-5-9(2)13-10(3)11(4)14-7-12(13)6-8/h5-7,10-11H,1-4H3. The summed E-state index contributed by atoms with van der Waals surface area (Å²) in [6, 6.07) is 4.92. The first-order valence-electron chi connectivity index (χ1n) is 5.24. The van der Waals surface area contributed by atoms with Gasteiger partial charge in [0.05, 0.1) is 6.04 Å². The van der Waals surface area contributed by atoms with Gasteiger partial charge >= 0.3 is 0 Å². The molecule has 1 aromatic carbocycles. The lowest BCUT2D eigenvalue weighted by molar-refractivity contribution is 0.605. The molecule has 1 aromatic rings. The summed E-state index contributed by atoms with van der Waals surface area (Å²) in [4.78, 5) is 4.51. The predicted octanol–water partition coefficient (Wildman–Crippen LogP) is 3.23. The summed E-state index contributed by atoms with van der Waals surface area (Å²) in [6.45, 7) is 8.80. The van der Waals surface area contributed by atoms with Crippen LogP contribution in [0.4, 0.5) is 0 Å². The van der Waals surface area contributed by atoms with E-state index in [4.69, 9.17) is 0 Å². The highest BCUT2D eigenvalue weighted by Crippen LogP contribution is 2.31. The van der Waals surface area contributed by atoms with Crippen molar-refractivity contribution >= 4 is 6.21 Å². The molecule has 0 radical (unpaired) electrons. The van der Waals surface area contributed by atoms with Gasteiger partial charge in [-0.3, -0.25) is 4.99 Å². The third-order valence-corrected chi connectivity index (χ3v) is 3.19. The molecule has 0 bridgehead atoms. The van der Waals surface area contributed by atoms with Crippen LogP contribution in [0.5, 0.6) is 0 Å². The van der Waals surface area contributed by atoms with Gasteiger partial charge in [-0.1, -0.05) is 24.6 Å². The quantitative estimate of drug-likeness (QED) is 0.591. The zero-order valence-corrected chi connectivity index (χ0v) is 9.33. The van der Waals surface area contributed by atoms with E-state index in [9.17, 15) is 0 Å². The molecule has 0 spiro atoms. The fourth-order valence-electron chi connectivity index (χ4n) is 2.31. The van der Waals surface area contributed by atoms with Crippen LogP contribution in [0.3, 0.4) is 0 Å². The number of aliphatic imine (C=N–C) groups is 1. The maximum atomic E-state index is 4.51. The third-order valence-electron chi connectivity index (χ3n) is 3.19. The van der Waals surface area contributed by atoms with Gasteiger partial charge in [0.2, 0.25) is 0 Å². The van der Waals surface area contributed by atoms with Crippen molar-refractivity contribution in [1.29, 1.82) is 0 Å². The van der Waals surface area contributed by atoms with Gasteiger partial charge in [0, 0.05) is 12.1 Å². The van der Waals surface area contributed by atoms with Gasteiger partial charge in [-0.2, -0.15) is 0 Å². The summed E-state index contributed by atoms with van der Waals surface area (Å²) >= 11 is 0. The second-order valence-electron chi connectivity index (χ2n) is 4.39. The second-order valence-corrected chi connectivity index (χ2v) is 4.39. The molecule has 14 heavy (non-hydrogen) atoms. The summed E-state index contributed by atoms with van der Waals surface area (Å²) in [6.07, 6.45) is 2.03. The minimum absolute atomic E-state index is 0.420. The SMILES string of the molecule is Cc1cc(C)c2c(c1)C=NC(C)C2C. The van der Waals surface area contributed by atoms with E-state index in [2.05, 4.69) is 44.8 Å². The van der Waals surface area contributed by atoms with Gasteiger partial charge in [-0.05, 0) is 37.5 Å². The molecular weight excluding hydrogens is 170 g/mol. The van der Waals surface area contributed by atoms with Crippen molar-refractivity contribution in [3.8, 4) is 0 Å². The Kier molecular flexibility index (Phi) is 2.18. The molecule has 0 N–H and O–H groups in total. The number of hydrogen-bond donors (Lipinski definition) is 0. The fraction of sp³-hybridized carbons (Fsp3) is 0.462. The van der Waals surface area contributed by atoms with Crippen molar-refractivity contribution in [1.82, 2.24) is 0 Å². The van der Waals surface area contributed by atoms with Crippen LogP contribution in [-0.2, 0) is 0 Å². The molecule has 1 heteroatoms. The lowest BCUT2D eigenvalue weighted by Gasteiger charge is -2.25. The zero-order valence-electron chi connectivity index (χ0n) is 9.33. The number of nitrogens with zero attached hydrogens (tertiary/aromatic N) is 1. The molecule has 1 aliphatic rings. The van der Waals surface area contributed by atoms with Crippen LogP contribution in [0.25, 0.3) is 0 Å². The highest BCUT2D eigenvalue weighted by Gasteiger charge is 2.21. The maximum Gasteiger partial charge on any atom is 0.0537 e. The van der Waals surface area contributed by atoms with Crippen LogP contribution in [-0.4, -0.2) is 12.3 Å². The summed E-state index contributed by atoms with van der Waals surface area (Å²) < 4.78 is 0. The molecule has 0 saturated carbocycles. The highest BCUT2D eigenvalue weighted by molar-refractivity contribution is 5.84. The Bertz CT molecular complexity index is 390. The van der Waals surface area contributed by atoms with Crippen molar-refractivity contribution in [3.63, 3.8) is 0 Å².